The second-order valence-electron chi connectivity index (χ2n) is 3.95. The molecule has 0 spiro atoms. The second-order valence-corrected chi connectivity index (χ2v) is 5.51. The van der Waals surface area contributed by atoms with Crippen molar-refractivity contribution in [3.05, 3.63) is 11.9 Å². The van der Waals surface area contributed by atoms with Crippen LogP contribution in [0, 0.1) is 6.92 Å². The molecular weight excluding hydrogens is 238 g/mol. The minimum Gasteiger partial charge on any atom is -0.367 e. The van der Waals surface area contributed by atoms with E-state index in [0.29, 0.717) is 11.6 Å². The number of hydrogen-bond acceptors (Lipinski definition) is 6. The third-order valence-electron chi connectivity index (χ3n) is 2.44. The third-order valence-corrected chi connectivity index (χ3v) is 3.25. The van der Waals surface area contributed by atoms with Crippen LogP contribution in [-0.2, 0) is 10.8 Å². The summed E-state index contributed by atoms with van der Waals surface area (Å²) in [7, 11) is -0.761. The minimum absolute atomic E-state index is 0.207. The van der Waals surface area contributed by atoms with E-state index in [9.17, 15) is 4.21 Å². The zero-order chi connectivity index (χ0) is 12.8. The molecule has 0 aliphatic heterocycles. The molecule has 7 heteroatoms. The molecule has 0 aliphatic rings. The summed E-state index contributed by atoms with van der Waals surface area (Å²) in [6.07, 6.45) is 3.99. The topological polar surface area (TPSA) is 92.9 Å². The van der Waals surface area contributed by atoms with Crippen molar-refractivity contribution >= 4 is 22.4 Å². The van der Waals surface area contributed by atoms with Crippen molar-refractivity contribution in [3.8, 4) is 0 Å². The highest BCUT2D eigenvalue weighted by atomic mass is 32.2. The van der Waals surface area contributed by atoms with Crippen molar-refractivity contribution < 1.29 is 4.21 Å². The fourth-order valence-corrected chi connectivity index (χ4v) is 2.07. The number of nitrogens with two attached hydrogens (primary N) is 1. The molecule has 1 aromatic rings. The van der Waals surface area contributed by atoms with Crippen LogP contribution in [0.2, 0.25) is 0 Å². The lowest BCUT2D eigenvalue weighted by atomic mass is 10.2. The van der Waals surface area contributed by atoms with E-state index in [0.717, 1.165) is 17.8 Å². The van der Waals surface area contributed by atoms with Gasteiger partial charge in [0.05, 0.1) is 0 Å². The minimum atomic E-state index is -0.761. The molecule has 1 heterocycles. The van der Waals surface area contributed by atoms with Gasteiger partial charge < -0.3 is 10.7 Å². The van der Waals surface area contributed by atoms with E-state index < -0.39 is 10.8 Å². The molecule has 96 valence electrons. The molecule has 0 saturated carbocycles. The van der Waals surface area contributed by atoms with Crippen molar-refractivity contribution in [3.63, 3.8) is 0 Å². The highest BCUT2D eigenvalue weighted by Crippen LogP contribution is 2.18. The van der Waals surface area contributed by atoms with E-state index in [4.69, 9.17) is 5.84 Å². The zero-order valence-corrected chi connectivity index (χ0v) is 11.2. The van der Waals surface area contributed by atoms with Gasteiger partial charge in [0, 0.05) is 34.4 Å². The average Bonchev–Trinajstić information content (AvgIpc) is 2.29. The summed E-state index contributed by atoms with van der Waals surface area (Å²) < 4.78 is 11.0. The Morgan fingerprint density at radius 1 is 1.47 bits per heavy atom. The Hall–Kier alpha value is -1.21. The largest absolute Gasteiger partial charge is 0.367 e. The predicted molar refractivity (Wildman–Crippen MR) is 71.2 cm³/mol. The van der Waals surface area contributed by atoms with Crippen molar-refractivity contribution in [1.82, 2.24) is 9.97 Å². The summed E-state index contributed by atoms with van der Waals surface area (Å²) >= 11 is 0. The van der Waals surface area contributed by atoms with E-state index in [-0.39, 0.29) is 6.04 Å². The summed E-state index contributed by atoms with van der Waals surface area (Å²) in [5.74, 6) is 7.38. The Kier molecular flexibility index (Phi) is 5.30. The van der Waals surface area contributed by atoms with E-state index >= 15 is 0 Å². The average molecular weight is 257 g/mol. The van der Waals surface area contributed by atoms with Gasteiger partial charge in [-0.05, 0) is 20.3 Å². The molecular formula is C10H19N5OS. The lowest BCUT2D eigenvalue weighted by Gasteiger charge is -2.16. The van der Waals surface area contributed by atoms with Crippen LogP contribution >= 0.6 is 0 Å². The molecule has 0 fully saturated rings. The molecule has 6 nitrogen and oxygen atoms in total. The fraction of sp³-hybridized carbons (Fsp3) is 0.600. The molecule has 0 bridgehead atoms. The number of anilines is 2. The first-order valence-electron chi connectivity index (χ1n) is 5.39. The molecule has 0 aromatic carbocycles. The first-order chi connectivity index (χ1) is 8.04. The first kappa shape index (κ1) is 13.9. The van der Waals surface area contributed by atoms with Gasteiger partial charge in [0.1, 0.15) is 18.0 Å². The number of nitrogen functional groups attached to an aromatic ring is 1. The normalized spacial score (nSPS) is 14.1. The van der Waals surface area contributed by atoms with Gasteiger partial charge >= 0.3 is 0 Å². The quantitative estimate of drug-likeness (QED) is 0.511. The maximum atomic E-state index is 11.0. The van der Waals surface area contributed by atoms with Crippen LogP contribution in [0.1, 0.15) is 18.9 Å². The van der Waals surface area contributed by atoms with Crippen molar-refractivity contribution in [1.29, 1.82) is 0 Å². The third kappa shape index (κ3) is 4.27. The zero-order valence-electron chi connectivity index (χ0n) is 10.4. The van der Waals surface area contributed by atoms with Gasteiger partial charge in [-0.3, -0.25) is 4.21 Å². The van der Waals surface area contributed by atoms with Gasteiger partial charge in [0.25, 0.3) is 0 Å². The summed E-state index contributed by atoms with van der Waals surface area (Å²) in [6.45, 7) is 3.92. The highest BCUT2D eigenvalue weighted by molar-refractivity contribution is 7.84. The Labute approximate surface area is 104 Å². The maximum absolute atomic E-state index is 11.0. The number of aromatic nitrogens is 2. The van der Waals surface area contributed by atoms with Gasteiger partial charge in [-0.1, -0.05) is 0 Å². The van der Waals surface area contributed by atoms with Crippen LogP contribution < -0.4 is 16.6 Å². The van der Waals surface area contributed by atoms with E-state index in [1.54, 1.807) is 6.26 Å². The number of hydrogen-bond donors (Lipinski definition) is 3. The van der Waals surface area contributed by atoms with Gasteiger partial charge in [-0.15, -0.1) is 0 Å². The predicted octanol–water partition coefficient (Wildman–Crippen LogP) is 0.640. The van der Waals surface area contributed by atoms with E-state index in [1.807, 2.05) is 13.8 Å². The number of nitrogens with zero attached hydrogens (tertiary/aromatic N) is 2. The molecule has 0 aliphatic carbocycles. The van der Waals surface area contributed by atoms with Crippen LogP contribution in [0.15, 0.2) is 6.33 Å². The first-order valence-corrected chi connectivity index (χ1v) is 7.12. The molecule has 1 rings (SSSR count). The molecule has 2 unspecified atom stereocenters. The highest BCUT2D eigenvalue weighted by Gasteiger charge is 2.09. The standard InChI is InChI=1S/C10H19N5OS/c1-7(4-5-17(3)16)14-9-8(2)10(15-11)13-6-12-9/h6-7H,4-5,11H2,1-3H3,(H2,12,13,14,15). The molecule has 0 amide bonds. The number of nitrogens with one attached hydrogen (secondary N) is 2. The van der Waals surface area contributed by atoms with Crippen molar-refractivity contribution in [2.75, 3.05) is 22.8 Å². The SMILES string of the molecule is Cc1c(NN)ncnc1NC(C)CCS(C)=O. The second kappa shape index (κ2) is 6.51. The Morgan fingerprint density at radius 3 is 2.71 bits per heavy atom. The van der Waals surface area contributed by atoms with E-state index in [2.05, 4.69) is 20.7 Å². The van der Waals surface area contributed by atoms with Crippen LogP contribution in [-0.4, -0.2) is 32.2 Å². The van der Waals surface area contributed by atoms with Gasteiger partial charge in [-0.2, -0.15) is 0 Å². The van der Waals surface area contributed by atoms with Crippen molar-refractivity contribution in [2.45, 2.75) is 26.3 Å². The van der Waals surface area contributed by atoms with Crippen LogP contribution in [0.3, 0.4) is 0 Å². The Balaban J connectivity index is 2.64. The molecule has 1 aromatic heterocycles. The molecule has 17 heavy (non-hydrogen) atoms. The number of hydrazine groups is 1. The van der Waals surface area contributed by atoms with E-state index in [1.165, 1.54) is 6.33 Å². The summed E-state index contributed by atoms with van der Waals surface area (Å²) in [6, 6.07) is 0.207. The summed E-state index contributed by atoms with van der Waals surface area (Å²) in [5, 5.41) is 3.26. The lowest BCUT2D eigenvalue weighted by Crippen LogP contribution is -2.20. The van der Waals surface area contributed by atoms with Gasteiger partial charge in [0.2, 0.25) is 0 Å². The molecule has 0 saturated heterocycles. The molecule has 4 N–H and O–H groups in total. The number of rotatable bonds is 6. The van der Waals surface area contributed by atoms with Crippen LogP contribution in [0.4, 0.5) is 11.6 Å². The maximum Gasteiger partial charge on any atom is 0.148 e. The molecule has 0 radical (unpaired) electrons. The summed E-state index contributed by atoms with van der Waals surface area (Å²) in [4.78, 5) is 8.16. The monoisotopic (exact) mass is 257 g/mol. The van der Waals surface area contributed by atoms with Gasteiger partial charge in [0.15, 0.2) is 0 Å². The summed E-state index contributed by atoms with van der Waals surface area (Å²) in [5.41, 5.74) is 3.39. The Bertz CT molecular complexity index is 398. The fourth-order valence-electron chi connectivity index (χ4n) is 1.39. The molecule has 2 atom stereocenters. The van der Waals surface area contributed by atoms with Crippen LogP contribution in [0.5, 0.6) is 0 Å². The smallest absolute Gasteiger partial charge is 0.148 e. The Morgan fingerprint density at radius 2 is 2.12 bits per heavy atom. The van der Waals surface area contributed by atoms with Gasteiger partial charge in [-0.25, -0.2) is 15.8 Å². The lowest BCUT2D eigenvalue weighted by molar-refractivity contribution is 0.678. The van der Waals surface area contributed by atoms with Crippen molar-refractivity contribution in [2.24, 2.45) is 5.84 Å². The van der Waals surface area contributed by atoms with Crippen LogP contribution in [0.25, 0.3) is 0 Å².